The van der Waals surface area contributed by atoms with E-state index in [2.05, 4.69) is 19.9 Å². The lowest BCUT2D eigenvalue weighted by Gasteiger charge is -2.25. The molecule has 2 heterocycles. The van der Waals surface area contributed by atoms with E-state index in [1.54, 1.807) is 24.4 Å². The average molecular weight is 484 g/mol. The molecule has 34 heavy (non-hydrogen) atoms. The zero-order valence-corrected chi connectivity index (χ0v) is 20.2. The number of hydrogen-bond donors (Lipinski definition) is 3. The molecule has 0 unspecified atom stereocenters. The first kappa shape index (κ1) is 23.6. The number of ether oxygens (including phenoxy) is 1. The number of hydrogen-bond acceptors (Lipinski definition) is 7. The van der Waals surface area contributed by atoms with E-state index in [9.17, 15) is 4.39 Å². The number of nitrogen functional groups attached to an aromatic ring is 2. The van der Waals surface area contributed by atoms with Crippen molar-refractivity contribution in [3.05, 3.63) is 47.5 Å². The van der Waals surface area contributed by atoms with E-state index >= 15 is 0 Å². The van der Waals surface area contributed by atoms with E-state index < -0.39 is 0 Å². The van der Waals surface area contributed by atoms with Gasteiger partial charge in [0.1, 0.15) is 11.6 Å². The summed E-state index contributed by atoms with van der Waals surface area (Å²) < 4.78 is 20.2. The number of benzene rings is 2. The van der Waals surface area contributed by atoms with Crippen LogP contribution in [0.25, 0.3) is 33.5 Å². The summed E-state index contributed by atoms with van der Waals surface area (Å²) in [6.45, 7) is 1.55. The van der Waals surface area contributed by atoms with Gasteiger partial charge in [0.25, 0.3) is 0 Å². The number of nitrogens with zero attached hydrogens (tertiary/aromatic N) is 4. The first-order valence-corrected chi connectivity index (χ1v) is 11.0. The first-order valence-electron chi connectivity index (χ1n) is 10.6. The molecule has 10 heteroatoms. The Balaban J connectivity index is 1.89. The molecule has 0 saturated carbocycles. The number of aromatic amines is 1. The number of anilines is 3. The van der Waals surface area contributed by atoms with E-state index in [-0.39, 0.29) is 16.7 Å². The van der Waals surface area contributed by atoms with Crippen molar-refractivity contribution in [2.24, 2.45) is 0 Å². The van der Waals surface area contributed by atoms with Gasteiger partial charge in [0.05, 0.1) is 46.6 Å². The largest absolute Gasteiger partial charge is 0.494 e. The Kier molecular flexibility index (Phi) is 6.49. The fraction of sp³-hybridized carbons (Fsp3) is 0.250. The second kappa shape index (κ2) is 9.36. The Morgan fingerprint density at radius 1 is 1.15 bits per heavy atom. The molecule has 0 saturated heterocycles. The molecule has 4 aromatic rings. The Hall–Kier alpha value is -3.56. The van der Waals surface area contributed by atoms with Crippen molar-refractivity contribution in [3.8, 4) is 28.4 Å². The van der Waals surface area contributed by atoms with Crippen LogP contribution in [0.2, 0.25) is 5.02 Å². The second-order valence-electron chi connectivity index (χ2n) is 8.28. The highest BCUT2D eigenvalue weighted by Gasteiger charge is 2.23. The number of H-pyrrole nitrogens is 1. The van der Waals surface area contributed by atoms with Crippen LogP contribution in [0, 0.1) is 5.82 Å². The lowest BCUT2D eigenvalue weighted by Crippen LogP contribution is -2.29. The van der Waals surface area contributed by atoms with Crippen LogP contribution < -0.4 is 21.1 Å². The highest BCUT2D eigenvalue weighted by Crippen LogP contribution is 2.44. The topological polar surface area (TPSA) is 109 Å². The van der Waals surface area contributed by atoms with Gasteiger partial charge in [0.15, 0.2) is 5.82 Å². The molecule has 0 radical (unpaired) electrons. The molecule has 178 valence electrons. The van der Waals surface area contributed by atoms with Crippen LogP contribution in [-0.2, 0) is 0 Å². The second-order valence-corrected chi connectivity index (χ2v) is 8.69. The highest BCUT2D eigenvalue weighted by molar-refractivity contribution is 6.33. The number of nitrogens with one attached hydrogen (secondary N) is 1. The maximum absolute atomic E-state index is 14.6. The molecule has 0 atom stereocenters. The minimum absolute atomic E-state index is 0.265. The van der Waals surface area contributed by atoms with Gasteiger partial charge in [-0.05, 0) is 26.2 Å². The van der Waals surface area contributed by atoms with Gasteiger partial charge in [-0.2, -0.15) is 0 Å². The molecule has 4 rings (SSSR count). The van der Waals surface area contributed by atoms with Crippen molar-refractivity contribution in [2.75, 3.05) is 57.7 Å². The van der Waals surface area contributed by atoms with Crippen LogP contribution in [-0.4, -0.2) is 61.2 Å². The van der Waals surface area contributed by atoms with Crippen LogP contribution >= 0.6 is 11.6 Å². The maximum atomic E-state index is 14.6. The van der Waals surface area contributed by atoms with Gasteiger partial charge in [-0.1, -0.05) is 17.7 Å². The Bertz CT molecular complexity index is 1360. The van der Waals surface area contributed by atoms with Crippen LogP contribution in [0.1, 0.15) is 0 Å². The summed E-state index contributed by atoms with van der Waals surface area (Å²) in [5.41, 5.74) is 16.4. The van der Waals surface area contributed by atoms with E-state index in [0.29, 0.717) is 44.8 Å². The normalized spacial score (nSPS) is 11.4. The lowest BCUT2D eigenvalue weighted by molar-refractivity contribution is 0.414. The van der Waals surface area contributed by atoms with Gasteiger partial charge < -0.3 is 31.0 Å². The molecule has 0 spiro atoms. The molecule has 0 fully saturated rings. The third-order valence-electron chi connectivity index (χ3n) is 5.74. The minimum Gasteiger partial charge on any atom is -0.494 e. The fourth-order valence-electron chi connectivity index (χ4n) is 3.88. The third kappa shape index (κ3) is 4.20. The van der Waals surface area contributed by atoms with Crippen molar-refractivity contribution in [2.45, 2.75) is 0 Å². The number of likely N-dealkylation sites (N-methyl/N-ethyl adjacent to an activating group) is 2. The molecule has 0 aliphatic carbocycles. The minimum atomic E-state index is -0.379. The summed E-state index contributed by atoms with van der Waals surface area (Å²) in [5.74, 6) is 0.339. The quantitative estimate of drug-likeness (QED) is 0.337. The molecule has 8 nitrogen and oxygen atoms in total. The summed E-state index contributed by atoms with van der Waals surface area (Å²) in [5, 5.41) is 0.668. The SMILES string of the molecule is COc1cc(N(C)CCN(C)C)c(N)c(-c2ncc(Cl)c(-c3c[nH]c4cccc(F)c34)n2)c1N. The summed E-state index contributed by atoms with van der Waals surface area (Å²) >= 11 is 6.46. The first-order chi connectivity index (χ1) is 16.2. The number of halogens is 2. The fourth-order valence-corrected chi connectivity index (χ4v) is 4.07. The molecule has 0 bridgehead atoms. The van der Waals surface area contributed by atoms with Crippen molar-refractivity contribution >= 4 is 39.6 Å². The Labute approximate surface area is 202 Å². The van der Waals surface area contributed by atoms with Crippen LogP contribution in [0.5, 0.6) is 5.75 Å². The molecular formula is C24H27ClFN7O. The molecule has 0 amide bonds. The van der Waals surface area contributed by atoms with E-state index in [1.807, 2.05) is 26.0 Å². The van der Waals surface area contributed by atoms with Crippen molar-refractivity contribution in [1.29, 1.82) is 0 Å². The van der Waals surface area contributed by atoms with E-state index in [0.717, 1.165) is 18.8 Å². The van der Waals surface area contributed by atoms with Gasteiger partial charge >= 0.3 is 0 Å². The summed E-state index contributed by atoms with van der Waals surface area (Å²) in [4.78, 5) is 16.2. The predicted octanol–water partition coefficient (Wildman–Crippen LogP) is 4.26. The van der Waals surface area contributed by atoms with Crippen LogP contribution in [0.4, 0.5) is 21.5 Å². The maximum Gasteiger partial charge on any atom is 0.164 e. The average Bonchev–Trinajstić information content (AvgIpc) is 3.24. The number of nitrogens with two attached hydrogens (primary N) is 2. The Morgan fingerprint density at radius 2 is 1.91 bits per heavy atom. The van der Waals surface area contributed by atoms with Crippen molar-refractivity contribution in [1.82, 2.24) is 19.9 Å². The van der Waals surface area contributed by atoms with E-state index in [4.69, 9.17) is 27.8 Å². The van der Waals surface area contributed by atoms with Gasteiger partial charge in [-0.15, -0.1) is 0 Å². The van der Waals surface area contributed by atoms with Gasteiger partial charge in [-0.3, -0.25) is 0 Å². The standard InChI is InChI=1S/C24H27ClFN7O/c1-32(2)8-9-33(3)17-10-18(34-4)22(28)20(21(17)27)24-30-12-14(25)23(31-24)13-11-29-16-7-5-6-15(26)19(13)16/h5-7,10-12,29H,8-9,27-28H2,1-4H3. The third-order valence-corrected chi connectivity index (χ3v) is 6.02. The number of aromatic nitrogens is 3. The predicted molar refractivity (Wildman–Crippen MR) is 137 cm³/mol. The van der Waals surface area contributed by atoms with E-state index in [1.165, 1.54) is 19.4 Å². The van der Waals surface area contributed by atoms with Gasteiger partial charge in [-0.25, -0.2) is 14.4 Å². The van der Waals surface area contributed by atoms with Gasteiger partial charge in [0.2, 0.25) is 0 Å². The van der Waals surface area contributed by atoms with Gasteiger partial charge in [0, 0.05) is 48.9 Å². The van der Waals surface area contributed by atoms with Crippen molar-refractivity contribution < 1.29 is 9.13 Å². The van der Waals surface area contributed by atoms with Crippen LogP contribution in [0.15, 0.2) is 36.7 Å². The zero-order valence-electron chi connectivity index (χ0n) is 19.5. The number of methoxy groups -OCH3 is 1. The summed E-state index contributed by atoms with van der Waals surface area (Å²) in [6.07, 6.45) is 3.14. The van der Waals surface area contributed by atoms with Crippen LogP contribution in [0.3, 0.4) is 0 Å². The molecule has 0 aliphatic heterocycles. The summed E-state index contributed by atoms with van der Waals surface area (Å²) in [6, 6.07) is 6.61. The monoisotopic (exact) mass is 483 g/mol. The number of fused-ring (bicyclic) bond motifs is 1. The zero-order chi connectivity index (χ0) is 24.6. The highest BCUT2D eigenvalue weighted by atomic mass is 35.5. The lowest BCUT2D eigenvalue weighted by atomic mass is 10.1. The molecule has 2 aromatic carbocycles. The molecular weight excluding hydrogens is 457 g/mol. The smallest absolute Gasteiger partial charge is 0.164 e. The molecule has 0 aliphatic rings. The van der Waals surface area contributed by atoms with Crippen molar-refractivity contribution in [3.63, 3.8) is 0 Å². The Morgan fingerprint density at radius 3 is 2.62 bits per heavy atom. The molecule has 2 aromatic heterocycles. The summed E-state index contributed by atoms with van der Waals surface area (Å²) in [7, 11) is 7.49. The molecule has 5 N–H and O–H groups in total. The number of rotatable bonds is 7.